The maximum atomic E-state index is 12.2. The highest BCUT2D eigenvalue weighted by atomic mass is 16.5. The summed E-state index contributed by atoms with van der Waals surface area (Å²) in [6.07, 6.45) is 0.657. The maximum absolute atomic E-state index is 12.2. The number of nitrogens with one attached hydrogen (secondary N) is 1. The van der Waals surface area contributed by atoms with Gasteiger partial charge in [0.05, 0.1) is 11.3 Å². The van der Waals surface area contributed by atoms with Crippen molar-refractivity contribution < 1.29 is 9.53 Å². The van der Waals surface area contributed by atoms with Gasteiger partial charge in [-0.1, -0.05) is 0 Å². The Morgan fingerprint density at radius 3 is 2.90 bits per heavy atom. The second-order valence-corrected chi connectivity index (χ2v) is 5.87. The van der Waals surface area contributed by atoms with Gasteiger partial charge < -0.3 is 15.0 Å². The van der Waals surface area contributed by atoms with Crippen LogP contribution < -0.4 is 10.9 Å². The van der Waals surface area contributed by atoms with Crippen LogP contribution in [0, 0.1) is 0 Å². The average Bonchev–Trinajstić information content (AvgIpc) is 2.45. The minimum absolute atomic E-state index is 0.147. The van der Waals surface area contributed by atoms with Gasteiger partial charge in [0.15, 0.2) is 0 Å². The molecule has 1 aliphatic heterocycles. The van der Waals surface area contributed by atoms with Crippen LogP contribution >= 0.6 is 0 Å². The predicted molar refractivity (Wildman–Crippen MR) is 78.1 cm³/mol. The van der Waals surface area contributed by atoms with Gasteiger partial charge in [0.1, 0.15) is 0 Å². The van der Waals surface area contributed by atoms with E-state index in [2.05, 4.69) is 10.4 Å². The summed E-state index contributed by atoms with van der Waals surface area (Å²) in [5.41, 5.74) is 1.15. The van der Waals surface area contributed by atoms with Gasteiger partial charge in [-0.3, -0.25) is 4.79 Å². The number of carbonyl (C=O) groups is 1. The summed E-state index contributed by atoms with van der Waals surface area (Å²) < 4.78 is 6.60. The van der Waals surface area contributed by atoms with Gasteiger partial charge >= 0.3 is 6.03 Å². The largest absolute Gasteiger partial charge is 0.377 e. The van der Waals surface area contributed by atoms with E-state index in [1.54, 1.807) is 25.1 Å². The first-order chi connectivity index (χ1) is 9.82. The molecule has 0 atom stereocenters. The molecule has 1 aliphatic rings. The van der Waals surface area contributed by atoms with E-state index >= 15 is 0 Å². The number of hydrogen-bond donors (Lipinski definition) is 1. The average molecular weight is 294 g/mol. The lowest BCUT2D eigenvalue weighted by molar-refractivity contribution is 0.0242. The quantitative estimate of drug-likeness (QED) is 0.868. The summed E-state index contributed by atoms with van der Waals surface area (Å²) in [5.74, 6) is 0. The number of urea groups is 1. The molecule has 7 heteroatoms. The van der Waals surface area contributed by atoms with Crippen LogP contribution in [0.15, 0.2) is 10.9 Å². The number of rotatable bonds is 3. The molecule has 116 valence electrons. The van der Waals surface area contributed by atoms with E-state index < -0.39 is 5.60 Å². The predicted octanol–water partition coefficient (Wildman–Crippen LogP) is 0.273. The van der Waals surface area contributed by atoms with Crippen LogP contribution in [0.2, 0.25) is 0 Å². The van der Waals surface area contributed by atoms with E-state index in [9.17, 15) is 9.59 Å². The van der Waals surface area contributed by atoms with E-state index in [0.29, 0.717) is 26.1 Å². The second-order valence-electron chi connectivity index (χ2n) is 5.87. The van der Waals surface area contributed by atoms with Crippen LogP contribution in [0.25, 0.3) is 0 Å². The van der Waals surface area contributed by atoms with E-state index in [1.807, 2.05) is 13.8 Å². The number of hydrogen-bond acceptors (Lipinski definition) is 4. The van der Waals surface area contributed by atoms with Crippen molar-refractivity contribution in [3.8, 4) is 0 Å². The summed E-state index contributed by atoms with van der Waals surface area (Å²) in [4.78, 5) is 25.5. The number of aromatic nitrogens is 2. The molecule has 2 rings (SSSR count). The van der Waals surface area contributed by atoms with Crippen LogP contribution in [0.1, 0.15) is 25.1 Å². The number of ether oxygens (including phenoxy) is 1. The molecule has 0 spiro atoms. The van der Waals surface area contributed by atoms with Crippen LogP contribution in [0.3, 0.4) is 0 Å². The number of nitrogens with zero attached hydrogens (tertiary/aromatic N) is 3. The molecule has 0 bridgehead atoms. The molecule has 1 aromatic rings. The Morgan fingerprint density at radius 2 is 2.24 bits per heavy atom. The molecule has 2 amide bonds. The topological polar surface area (TPSA) is 76.5 Å². The molecule has 7 nitrogen and oxygen atoms in total. The van der Waals surface area contributed by atoms with Crippen molar-refractivity contribution in [2.24, 2.45) is 7.05 Å². The molecule has 0 radical (unpaired) electrons. The lowest BCUT2D eigenvalue weighted by Gasteiger charge is -2.30. The van der Waals surface area contributed by atoms with Gasteiger partial charge in [0.25, 0.3) is 5.56 Å². The summed E-state index contributed by atoms with van der Waals surface area (Å²) in [7, 11) is 3.25. The zero-order valence-corrected chi connectivity index (χ0v) is 13.0. The van der Waals surface area contributed by atoms with E-state index in [0.717, 1.165) is 11.3 Å². The van der Waals surface area contributed by atoms with Crippen LogP contribution in [0.5, 0.6) is 0 Å². The third-order valence-corrected chi connectivity index (χ3v) is 3.74. The smallest absolute Gasteiger partial charge is 0.317 e. The van der Waals surface area contributed by atoms with Gasteiger partial charge in [-0.15, -0.1) is 0 Å². The number of carbonyl (C=O) groups excluding carboxylic acids is 1. The molecule has 0 saturated heterocycles. The van der Waals surface area contributed by atoms with E-state index in [-0.39, 0.29) is 11.6 Å². The van der Waals surface area contributed by atoms with Gasteiger partial charge in [0, 0.05) is 51.8 Å². The molecule has 21 heavy (non-hydrogen) atoms. The Hall–Kier alpha value is -1.89. The summed E-state index contributed by atoms with van der Waals surface area (Å²) in [5, 5.41) is 7.09. The fraction of sp³-hybridized carbons (Fsp3) is 0.643. The maximum Gasteiger partial charge on any atom is 0.317 e. The molecule has 1 N–H and O–H groups in total. The minimum atomic E-state index is -0.402. The molecule has 0 saturated carbocycles. The Balaban J connectivity index is 2.02. The first kappa shape index (κ1) is 15.5. The number of aryl methyl sites for hydroxylation is 1. The van der Waals surface area contributed by atoms with Gasteiger partial charge in [-0.2, -0.15) is 5.10 Å². The van der Waals surface area contributed by atoms with Crippen LogP contribution in [-0.2, 0) is 24.8 Å². The third-order valence-electron chi connectivity index (χ3n) is 3.74. The van der Waals surface area contributed by atoms with Crippen LogP contribution in [0.4, 0.5) is 4.79 Å². The molecule has 1 aromatic heterocycles. The molecule has 0 unspecified atom stereocenters. The lowest BCUT2D eigenvalue weighted by atomic mass is 10.1. The molecule has 0 aromatic carbocycles. The lowest BCUT2D eigenvalue weighted by Crippen LogP contribution is -2.48. The number of methoxy groups -OCH3 is 1. The summed E-state index contributed by atoms with van der Waals surface area (Å²) >= 11 is 0. The number of fused-ring (bicyclic) bond motifs is 1. The Labute approximate surface area is 123 Å². The molecular formula is C14H22N4O3. The highest BCUT2D eigenvalue weighted by molar-refractivity contribution is 5.74. The third kappa shape index (κ3) is 3.60. The van der Waals surface area contributed by atoms with E-state index in [4.69, 9.17) is 4.74 Å². The highest BCUT2D eigenvalue weighted by Crippen LogP contribution is 2.15. The first-order valence-corrected chi connectivity index (χ1v) is 6.96. The first-order valence-electron chi connectivity index (χ1n) is 6.96. The van der Waals surface area contributed by atoms with Crippen molar-refractivity contribution in [1.29, 1.82) is 0 Å². The number of amides is 2. The zero-order valence-electron chi connectivity index (χ0n) is 13.0. The fourth-order valence-corrected chi connectivity index (χ4v) is 2.14. The van der Waals surface area contributed by atoms with E-state index in [1.165, 1.54) is 4.68 Å². The fourth-order valence-electron chi connectivity index (χ4n) is 2.14. The van der Waals surface area contributed by atoms with Crippen molar-refractivity contribution in [2.75, 3.05) is 20.2 Å². The zero-order chi connectivity index (χ0) is 15.6. The van der Waals surface area contributed by atoms with Crippen molar-refractivity contribution in [2.45, 2.75) is 32.4 Å². The van der Waals surface area contributed by atoms with Gasteiger partial charge in [0.2, 0.25) is 0 Å². The van der Waals surface area contributed by atoms with Crippen molar-refractivity contribution in [3.05, 3.63) is 27.7 Å². The van der Waals surface area contributed by atoms with Crippen molar-refractivity contribution >= 4 is 6.03 Å². The second kappa shape index (κ2) is 5.85. The highest BCUT2D eigenvalue weighted by Gasteiger charge is 2.24. The van der Waals surface area contributed by atoms with Gasteiger partial charge in [-0.05, 0) is 13.8 Å². The summed E-state index contributed by atoms with van der Waals surface area (Å²) in [6.45, 7) is 5.26. The molecule has 0 fully saturated rings. The minimum Gasteiger partial charge on any atom is -0.377 e. The van der Waals surface area contributed by atoms with Crippen molar-refractivity contribution in [1.82, 2.24) is 20.0 Å². The normalized spacial score (nSPS) is 14.8. The molecule has 0 aliphatic carbocycles. The Bertz CT molecular complexity index is 594. The standard InChI is InChI=1S/C14H22N4O3/c1-14(2,21-4)9-15-13(20)18-6-5-11-10(8-18)7-12(19)17(3)16-11/h7H,5-6,8-9H2,1-4H3,(H,15,20). The van der Waals surface area contributed by atoms with Crippen molar-refractivity contribution in [3.63, 3.8) is 0 Å². The SMILES string of the molecule is COC(C)(C)CNC(=O)N1CCc2nn(C)c(=O)cc2C1. The Morgan fingerprint density at radius 1 is 1.52 bits per heavy atom. The molecule has 2 heterocycles. The molecular weight excluding hydrogens is 272 g/mol. The Kier molecular flexibility index (Phi) is 4.32. The summed E-state index contributed by atoms with van der Waals surface area (Å²) in [6, 6.07) is 1.41. The monoisotopic (exact) mass is 294 g/mol. The van der Waals surface area contributed by atoms with Crippen LogP contribution in [-0.4, -0.2) is 46.5 Å². The van der Waals surface area contributed by atoms with Gasteiger partial charge in [-0.25, -0.2) is 9.48 Å².